The van der Waals surface area contributed by atoms with Gasteiger partial charge in [0.15, 0.2) is 0 Å². The van der Waals surface area contributed by atoms with Crippen LogP contribution in [0.25, 0.3) is 16.3 Å². The van der Waals surface area contributed by atoms with E-state index in [-0.39, 0.29) is 5.75 Å². The van der Waals surface area contributed by atoms with E-state index in [2.05, 4.69) is 31.9 Å². The third-order valence-electron chi connectivity index (χ3n) is 4.35. The molecule has 4 heteroatoms. The molecule has 0 aromatic heterocycles. The van der Waals surface area contributed by atoms with Crippen molar-refractivity contribution >= 4 is 48.2 Å². The third kappa shape index (κ3) is 2.59. The van der Waals surface area contributed by atoms with Gasteiger partial charge in [0, 0.05) is 11.1 Å². The highest BCUT2D eigenvalue weighted by atomic mass is 79.9. The molecule has 2 aromatic carbocycles. The summed E-state index contributed by atoms with van der Waals surface area (Å²) in [6.07, 6.45) is 8.87. The summed E-state index contributed by atoms with van der Waals surface area (Å²) in [7, 11) is 0. The molecule has 2 N–H and O–H groups in total. The molecule has 24 heavy (non-hydrogen) atoms. The van der Waals surface area contributed by atoms with E-state index < -0.39 is 9.34 Å². The summed E-state index contributed by atoms with van der Waals surface area (Å²) in [5.74, 6) is 0.174. The van der Waals surface area contributed by atoms with Crippen LogP contribution in [0, 0.1) is 0 Å². The molecule has 0 radical (unpaired) electrons. The van der Waals surface area contributed by atoms with Crippen LogP contribution in [0.4, 0.5) is 0 Å². The standard InChI is InChI=1S/C20H14Br2O2/c21-20(22)10-9-15-13(11-20)6-8-17(24)19(15)18-14-4-2-1-3-12(14)5-7-16(18)23/h1-11,17,23-24H/t17-/m1/s1. The maximum absolute atomic E-state index is 10.6. The second-order valence-corrected chi connectivity index (χ2v) is 9.61. The average molecular weight is 446 g/mol. The SMILES string of the molecule is Oc1ccc2ccccc2c1C1=C2C=CC(Br)(Br)C=C2C=C[C@H]1O. The quantitative estimate of drug-likeness (QED) is 0.591. The first-order chi connectivity index (χ1) is 11.5. The highest BCUT2D eigenvalue weighted by Crippen LogP contribution is 2.45. The van der Waals surface area contributed by atoms with E-state index in [9.17, 15) is 10.2 Å². The highest BCUT2D eigenvalue weighted by Gasteiger charge is 2.29. The van der Waals surface area contributed by atoms with Gasteiger partial charge in [-0.3, -0.25) is 0 Å². The third-order valence-corrected chi connectivity index (χ3v) is 5.34. The Bertz CT molecular complexity index is 965. The van der Waals surface area contributed by atoms with Crippen LogP contribution in [0.1, 0.15) is 5.56 Å². The molecule has 2 aliphatic carbocycles. The minimum Gasteiger partial charge on any atom is -0.507 e. The van der Waals surface area contributed by atoms with Crippen LogP contribution >= 0.6 is 31.9 Å². The van der Waals surface area contributed by atoms with E-state index >= 15 is 0 Å². The zero-order valence-electron chi connectivity index (χ0n) is 12.6. The van der Waals surface area contributed by atoms with Gasteiger partial charge in [-0.2, -0.15) is 0 Å². The Hall–Kier alpha value is -1.62. The summed E-state index contributed by atoms with van der Waals surface area (Å²) in [6.45, 7) is 0. The van der Waals surface area contributed by atoms with Crippen LogP contribution < -0.4 is 0 Å². The molecular formula is C20H14Br2O2. The molecule has 0 heterocycles. The average Bonchev–Trinajstić information content (AvgIpc) is 2.55. The topological polar surface area (TPSA) is 40.5 Å². The largest absolute Gasteiger partial charge is 0.507 e. The molecular weight excluding hydrogens is 432 g/mol. The van der Waals surface area contributed by atoms with Crippen molar-refractivity contribution in [3.8, 4) is 5.75 Å². The molecule has 0 bridgehead atoms. The number of rotatable bonds is 1. The summed E-state index contributed by atoms with van der Waals surface area (Å²) in [5.41, 5.74) is 3.34. The number of benzene rings is 2. The first kappa shape index (κ1) is 15.9. The number of phenolic OH excluding ortho intramolecular Hbond substituents is 1. The van der Waals surface area contributed by atoms with E-state index in [0.717, 1.165) is 27.5 Å². The van der Waals surface area contributed by atoms with Gasteiger partial charge in [-0.05, 0) is 34.1 Å². The smallest absolute Gasteiger partial charge is 0.123 e. The predicted molar refractivity (Wildman–Crippen MR) is 105 cm³/mol. The van der Waals surface area contributed by atoms with E-state index in [1.54, 1.807) is 12.1 Å². The van der Waals surface area contributed by atoms with Crippen molar-refractivity contribution < 1.29 is 10.2 Å². The zero-order chi connectivity index (χ0) is 16.9. The molecule has 2 nitrogen and oxygen atoms in total. The number of halogens is 2. The molecule has 0 amide bonds. The number of fused-ring (bicyclic) bond motifs is 2. The van der Waals surface area contributed by atoms with Crippen molar-refractivity contribution in [3.05, 3.63) is 83.5 Å². The van der Waals surface area contributed by atoms with Crippen LogP contribution in [0.2, 0.25) is 0 Å². The Morgan fingerprint density at radius 1 is 1.00 bits per heavy atom. The van der Waals surface area contributed by atoms with Gasteiger partial charge < -0.3 is 10.2 Å². The summed E-state index contributed by atoms with van der Waals surface area (Å²) in [6, 6.07) is 11.5. The Labute approximate surface area is 156 Å². The lowest BCUT2D eigenvalue weighted by Crippen LogP contribution is -2.17. The Morgan fingerprint density at radius 3 is 2.62 bits per heavy atom. The highest BCUT2D eigenvalue weighted by molar-refractivity contribution is 9.25. The van der Waals surface area contributed by atoms with Crippen molar-refractivity contribution in [1.82, 2.24) is 0 Å². The Morgan fingerprint density at radius 2 is 1.79 bits per heavy atom. The molecule has 0 aliphatic heterocycles. The van der Waals surface area contributed by atoms with Crippen LogP contribution in [-0.4, -0.2) is 19.6 Å². The number of hydrogen-bond acceptors (Lipinski definition) is 2. The molecule has 2 aromatic rings. The molecule has 4 rings (SSSR count). The molecule has 1 atom stereocenters. The van der Waals surface area contributed by atoms with Gasteiger partial charge in [0.25, 0.3) is 0 Å². The number of aliphatic hydroxyl groups excluding tert-OH is 1. The molecule has 0 fully saturated rings. The van der Waals surface area contributed by atoms with Gasteiger partial charge in [-0.25, -0.2) is 0 Å². The number of aromatic hydroxyl groups is 1. The summed E-state index contributed by atoms with van der Waals surface area (Å²) in [5, 5.41) is 23.1. The summed E-state index contributed by atoms with van der Waals surface area (Å²) < 4.78 is -0.391. The lowest BCUT2D eigenvalue weighted by molar-refractivity contribution is 0.278. The van der Waals surface area contributed by atoms with Crippen LogP contribution in [0.5, 0.6) is 5.75 Å². The van der Waals surface area contributed by atoms with Crippen LogP contribution in [0.15, 0.2) is 77.9 Å². The monoisotopic (exact) mass is 444 g/mol. The van der Waals surface area contributed by atoms with E-state index in [4.69, 9.17) is 0 Å². The minimum absolute atomic E-state index is 0.174. The number of phenols is 1. The predicted octanol–water partition coefficient (Wildman–Crippen LogP) is 5.21. The molecule has 120 valence electrons. The maximum Gasteiger partial charge on any atom is 0.123 e. The van der Waals surface area contributed by atoms with E-state index in [1.165, 1.54) is 0 Å². The number of hydrogen-bond donors (Lipinski definition) is 2. The molecule has 2 aliphatic rings. The number of alkyl halides is 2. The first-order valence-electron chi connectivity index (χ1n) is 7.58. The normalized spacial score (nSPS) is 21.8. The molecule has 0 saturated heterocycles. The fourth-order valence-corrected chi connectivity index (χ4v) is 4.04. The van der Waals surface area contributed by atoms with E-state index in [0.29, 0.717) is 5.56 Å². The van der Waals surface area contributed by atoms with Crippen molar-refractivity contribution in [3.63, 3.8) is 0 Å². The second-order valence-electron chi connectivity index (χ2n) is 5.92. The second kappa shape index (κ2) is 5.73. The van der Waals surface area contributed by atoms with Crippen LogP contribution in [0.3, 0.4) is 0 Å². The van der Waals surface area contributed by atoms with Gasteiger partial charge >= 0.3 is 0 Å². The maximum atomic E-state index is 10.6. The Balaban J connectivity index is 2.04. The molecule has 0 saturated carbocycles. The summed E-state index contributed by atoms with van der Waals surface area (Å²) in [4.78, 5) is 0. The molecule has 0 unspecified atom stereocenters. The van der Waals surface area contributed by atoms with Gasteiger partial charge in [-0.15, -0.1) is 0 Å². The fourth-order valence-electron chi connectivity index (χ4n) is 3.28. The van der Waals surface area contributed by atoms with Crippen molar-refractivity contribution in [2.75, 3.05) is 0 Å². The number of aliphatic hydroxyl groups is 1. The fraction of sp³-hybridized carbons (Fsp3) is 0.100. The van der Waals surface area contributed by atoms with Crippen molar-refractivity contribution in [1.29, 1.82) is 0 Å². The lowest BCUT2D eigenvalue weighted by atomic mass is 9.82. The van der Waals surface area contributed by atoms with Gasteiger partial charge in [0.2, 0.25) is 0 Å². The van der Waals surface area contributed by atoms with Gasteiger partial charge in [0.05, 0.1) is 6.10 Å². The van der Waals surface area contributed by atoms with Crippen molar-refractivity contribution in [2.24, 2.45) is 0 Å². The lowest BCUT2D eigenvalue weighted by Gasteiger charge is -2.28. The van der Waals surface area contributed by atoms with Gasteiger partial charge in [0.1, 0.15) is 8.98 Å². The van der Waals surface area contributed by atoms with Crippen molar-refractivity contribution in [2.45, 2.75) is 9.34 Å². The first-order valence-corrected chi connectivity index (χ1v) is 9.17. The minimum atomic E-state index is -0.767. The summed E-state index contributed by atoms with van der Waals surface area (Å²) >= 11 is 7.17. The zero-order valence-corrected chi connectivity index (χ0v) is 15.8. The molecule has 0 spiro atoms. The number of allylic oxidation sites excluding steroid dienone is 6. The Kier molecular flexibility index (Phi) is 3.79. The van der Waals surface area contributed by atoms with E-state index in [1.807, 2.05) is 54.6 Å². The van der Waals surface area contributed by atoms with Crippen LogP contribution in [-0.2, 0) is 0 Å². The van der Waals surface area contributed by atoms with Gasteiger partial charge in [-0.1, -0.05) is 86.5 Å².